The molecule has 56 valence electrons. The van der Waals surface area contributed by atoms with Gasteiger partial charge in [0.1, 0.15) is 6.04 Å². The second-order valence-electron chi connectivity index (χ2n) is 1.56. The predicted molar refractivity (Wildman–Crippen MR) is 41.5 cm³/mol. The number of hydrogen-bond donors (Lipinski definition) is 3. The Labute approximate surface area is 63.7 Å². The number of carbonyl (C=O) groups is 1. The molecule has 0 fully saturated rings. The maximum Gasteiger partial charge on any atom is 0.330 e. The van der Waals surface area contributed by atoms with Crippen molar-refractivity contribution in [2.75, 3.05) is 0 Å². The number of aliphatic carboxylic acids is 1. The van der Waals surface area contributed by atoms with Crippen molar-refractivity contribution < 1.29 is 9.90 Å². The molecule has 0 aliphatic heterocycles. The standard InChI is InChI=1S/C5H8N2O2S/c1-2-3(4(8)9)7-5(6)10/h2-3H,1H2,(H,8,9)(H3,6,7,10). The molecule has 0 aromatic heterocycles. The first-order valence-corrected chi connectivity index (χ1v) is 2.90. The van der Waals surface area contributed by atoms with Crippen molar-refractivity contribution in [2.45, 2.75) is 6.04 Å². The lowest BCUT2D eigenvalue weighted by atomic mass is 10.3. The van der Waals surface area contributed by atoms with Crippen LogP contribution in [0.3, 0.4) is 0 Å². The van der Waals surface area contributed by atoms with Crippen molar-refractivity contribution in [3.8, 4) is 0 Å². The third-order valence-corrected chi connectivity index (χ3v) is 0.917. The molecule has 0 rings (SSSR count). The molecule has 0 saturated carbocycles. The molecule has 10 heavy (non-hydrogen) atoms. The molecule has 0 aliphatic carbocycles. The molecule has 1 unspecified atom stereocenters. The molecule has 5 heteroatoms. The van der Waals surface area contributed by atoms with E-state index in [4.69, 9.17) is 10.8 Å². The van der Waals surface area contributed by atoms with E-state index in [1.165, 1.54) is 6.08 Å². The number of rotatable bonds is 3. The zero-order valence-corrected chi connectivity index (χ0v) is 6.02. The molecule has 0 saturated heterocycles. The molecule has 0 aliphatic rings. The highest BCUT2D eigenvalue weighted by Gasteiger charge is 2.11. The Morgan fingerprint density at radius 3 is 2.50 bits per heavy atom. The Bertz CT molecular complexity index is 169. The van der Waals surface area contributed by atoms with E-state index in [-0.39, 0.29) is 5.11 Å². The van der Waals surface area contributed by atoms with Gasteiger partial charge in [0.15, 0.2) is 5.11 Å². The Morgan fingerprint density at radius 2 is 2.40 bits per heavy atom. The van der Waals surface area contributed by atoms with Gasteiger partial charge >= 0.3 is 5.97 Å². The molecule has 0 amide bonds. The summed E-state index contributed by atoms with van der Waals surface area (Å²) >= 11 is 4.41. The van der Waals surface area contributed by atoms with Crippen molar-refractivity contribution in [1.29, 1.82) is 0 Å². The number of carboxylic acid groups (broad SMARTS) is 1. The van der Waals surface area contributed by atoms with Crippen LogP contribution in [0, 0.1) is 0 Å². The lowest BCUT2D eigenvalue weighted by molar-refractivity contribution is -0.137. The summed E-state index contributed by atoms with van der Waals surface area (Å²) in [5.74, 6) is -1.05. The Morgan fingerprint density at radius 1 is 1.90 bits per heavy atom. The van der Waals surface area contributed by atoms with Gasteiger partial charge in [-0.2, -0.15) is 0 Å². The van der Waals surface area contributed by atoms with Gasteiger partial charge in [0.25, 0.3) is 0 Å². The maximum atomic E-state index is 10.2. The summed E-state index contributed by atoms with van der Waals surface area (Å²) in [6, 6.07) is -0.891. The zero-order valence-electron chi connectivity index (χ0n) is 5.20. The van der Waals surface area contributed by atoms with Gasteiger partial charge in [0, 0.05) is 0 Å². The van der Waals surface area contributed by atoms with Crippen molar-refractivity contribution in [1.82, 2.24) is 5.32 Å². The summed E-state index contributed by atoms with van der Waals surface area (Å²) in [5.41, 5.74) is 5.02. The summed E-state index contributed by atoms with van der Waals surface area (Å²) in [6.45, 7) is 3.28. The fourth-order valence-electron chi connectivity index (χ4n) is 0.375. The highest BCUT2D eigenvalue weighted by molar-refractivity contribution is 7.80. The lowest BCUT2D eigenvalue weighted by Gasteiger charge is -2.07. The predicted octanol–water partition coefficient (Wildman–Crippen LogP) is -0.541. The van der Waals surface area contributed by atoms with Crippen LogP contribution in [0.4, 0.5) is 0 Å². The van der Waals surface area contributed by atoms with E-state index in [1.807, 2.05) is 0 Å². The molecule has 0 spiro atoms. The SMILES string of the molecule is C=CC(NC(N)=S)C(=O)O. The van der Waals surface area contributed by atoms with Gasteiger partial charge in [-0.05, 0) is 12.2 Å². The van der Waals surface area contributed by atoms with E-state index in [2.05, 4.69) is 24.1 Å². The Hall–Kier alpha value is -1.10. The highest BCUT2D eigenvalue weighted by atomic mass is 32.1. The first kappa shape index (κ1) is 8.90. The van der Waals surface area contributed by atoms with Crippen molar-refractivity contribution in [3.05, 3.63) is 12.7 Å². The number of carboxylic acids is 1. The fourth-order valence-corrected chi connectivity index (χ4v) is 0.502. The summed E-state index contributed by atoms with van der Waals surface area (Å²) in [4.78, 5) is 10.2. The van der Waals surface area contributed by atoms with Gasteiger partial charge in [-0.1, -0.05) is 6.08 Å². The summed E-state index contributed by atoms with van der Waals surface area (Å²) in [6.07, 6.45) is 1.21. The molecular weight excluding hydrogens is 152 g/mol. The third-order valence-electron chi connectivity index (χ3n) is 0.800. The van der Waals surface area contributed by atoms with Gasteiger partial charge in [-0.25, -0.2) is 4.79 Å². The van der Waals surface area contributed by atoms with Crippen LogP contribution in [0.5, 0.6) is 0 Å². The highest BCUT2D eigenvalue weighted by Crippen LogP contribution is 1.83. The smallest absolute Gasteiger partial charge is 0.330 e. The van der Waals surface area contributed by atoms with Crippen molar-refractivity contribution in [2.24, 2.45) is 5.73 Å². The van der Waals surface area contributed by atoms with Gasteiger partial charge in [-0.3, -0.25) is 0 Å². The van der Waals surface area contributed by atoms with Crippen LogP contribution >= 0.6 is 12.2 Å². The lowest BCUT2D eigenvalue weighted by Crippen LogP contribution is -2.41. The Kier molecular flexibility index (Phi) is 3.42. The molecule has 1 atom stereocenters. The minimum absolute atomic E-state index is 0.0488. The molecule has 4 nitrogen and oxygen atoms in total. The largest absolute Gasteiger partial charge is 0.479 e. The Balaban J connectivity index is 3.96. The van der Waals surface area contributed by atoms with Crippen LogP contribution in [0.15, 0.2) is 12.7 Å². The third kappa shape index (κ3) is 3.03. The van der Waals surface area contributed by atoms with Crippen molar-refractivity contribution >= 4 is 23.3 Å². The van der Waals surface area contributed by atoms with Crippen LogP contribution in [0.25, 0.3) is 0 Å². The first-order chi connectivity index (χ1) is 4.57. The van der Waals surface area contributed by atoms with E-state index in [1.54, 1.807) is 0 Å². The monoisotopic (exact) mass is 160 g/mol. The van der Waals surface area contributed by atoms with Gasteiger partial charge in [-0.15, -0.1) is 6.58 Å². The van der Waals surface area contributed by atoms with Crippen LogP contribution < -0.4 is 11.1 Å². The maximum absolute atomic E-state index is 10.2. The molecule has 0 heterocycles. The van der Waals surface area contributed by atoms with Gasteiger partial charge in [0.2, 0.25) is 0 Å². The number of nitrogens with two attached hydrogens (primary N) is 1. The average Bonchev–Trinajstić information content (AvgIpc) is 1.81. The minimum Gasteiger partial charge on any atom is -0.479 e. The van der Waals surface area contributed by atoms with Crippen molar-refractivity contribution in [3.63, 3.8) is 0 Å². The number of thiocarbonyl (C=S) groups is 1. The quantitative estimate of drug-likeness (QED) is 0.382. The topological polar surface area (TPSA) is 75.3 Å². The van der Waals surface area contributed by atoms with Gasteiger partial charge < -0.3 is 16.2 Å². The summed E-state index contributed by atoms with van der Waals surface area (Å²) in [7, 11) is 0. The second kappa shape index (κ2) is 3.84. The second-order valence-corrected chi connectivity index (χ2v) is 2.00. The van der Waals surface area contributed by atoms with E-state index >= 15 is 0 Å². The molecular formula is C5H8N2O2S. The van der Waals surface area contributed by atoms with Crippen LogP contribution in [0.2, 0.25) is 0 Å². The summed E-state index contributed by atoms with van der Waals surface area (Å²) in [5, 5.41) is 10.6. The van der Waals surface area contributed by atoms with Gasteiger partial charge in [0.05, 0.1) is 0 Å². The average molecular weight is 160 g/mol. The minimum atomic E-state index is -1.05. The summed E-state index contributed by atoms with van der Waals surface area (Å²) < 4.78 is 0. The van der Waals surface area contributed by atoms with E-state index in [0.29, 0.717) is 0 Å². The van der Waals surface area contributed by atoms with E-state index < -0.39 is 12.0 Å². The van der Waals surface area contributed by atoms with Crippen LogP contribution in [-0.2, 0) is 4.79 Å². The molecule has 0 bridgehead atoms. The molecule has 0 aromatic rings. The normalized spacial score (nSPS) is 11.6. The van der Waals surface area contributed by atoms with Crippen LogP contribution in [-0.4, -0.2) is 22.2 Å². The van der Waals surface area contributed by atoms with E-state index in [0.717, 1.165) is 0 Å². The zero-order chi connectivity index (χ0) is 8.15. The molecule has 0 radical (unpaired) electrons. The molecule has 4 N–H and O–H groups in total. The molecule has 0 aromatic carbocycles. The van der Waals surface area contributed by atoms with Crippen LogP contribution in [0.1, 0.15) is 0 Å². The first-order valence-electron chi connectivity index (χ1n) is 2.49. The fraction of sp³-hybridized carbons (Fsp3) is 0.200. The number of nitrogens with one attached hydrogen (secondary N) is 1. The number of hydrogen-bond acceptors (Lipinski definition) is 2. The van der Waals surface area contributed by atoms with E-state index in [9.17, 15) is 4.79 Å².